The minimum Gasteiger partial charge on any atom is -0.460 e. The normalized spacial score (nSPS) is 18.7. The summed E-state index contributed by atoms with van der Waals surface area (Å²) >= 11 is 0. The largest absolute Gasteiger partial charge is 0.460 e. The van der Waals surface area contributed by atoms with Gasteiger partial charge in [0.2, 0.25) is 5.91 Å². The van der Waals surface area contributed by atoms with Crippen molar-refractivity contribution in [3.63, 3.8) is 0 Å². The number of terminal acetylenes is 1. The maximum atomic E-state index is 12.6. The van der Waals surface area contributed by atoms with Gasteiger partial charge in [0.05, 0.1) is 5.92 Å². The van der Waals surface area contributed by atoms with E-state index in [9.17, 15) is 9.59 Å². The minimum atomic E-state index is -0.456. The number of amides is 1. The number of likely N-dealkylation sites (tertiary alicyclic amines) is 1. The van der Waals surface area contributed by atoms with Crippen LogP contribution in [0, 0.1) is 18.3 Å². The lowest BCUT2D eigenvalue weighted by Crippen LogP contribution is -2.55. The van der Waals surface area contributed by atoms with Gasteiger partial charge < -0.3 is 14.5 Å². The zero-order valence-corrected chi connectivity index (χ0v) is 23.2. The summed E-state index contributed by atoms with van der Waals surface area (Å²) in [6, 6.07) is 6.35. The summed E-state index contributed by atoms with van der Waals surface area (Å²) in [6.45, 7) is 17.0. The van der Waals surface area contributed by atoms with Gasteiger partial charge in [-0.05, 0) is 77.1 Å². The number of hydrogen-bond acceptors (Lipinski definition) is 5. The molecule has 198 valence electrons. The van der Waals surface area contributed by atoms with Gasteiger partial charge in [0.25, 0.3) is 0 Å². The molecule has 0 aromatic heterocycles. The van der Waals surface area contributed by atoms with Crippen LogP contribution in [0.25, 0.3) is 0 Å². The van der Waals surface area contributed by atoms with Gasteiger partial charge in [-0.2, -0.15) is 0 Å². The van der Waals surface area contributed by atoms with Crippen LogP contribution >= 0.6 is 0 Å². The number of piperidine rings is 2. The van der Waals surface area contributed by atoms with Gasteiger partial charge in [-0.1, -0.05) is 25.8 Å². The van der Waals surface area contributed by atoms with Crippen molar-refractivity contribution in [3.05, 3.63) is 29.3 Å². The first-order valence-electron chi connectivity index (χ1n) is 13.6. The smallest absolute Gasteiger partial charge is 0.309 e. The molecule has 0 spiro atoms. The topological polar surface area (TPSA) is 53.1 Å². The van der Waals surface area contributed by atoms with Gasteiger partial charge in [-0.25, -0.2) is 0 Å². The van der Waals surface area contributed by atoms with E-state index in [1.54, 1.807) is 6.92 Å². The number of anilines is 1. The molecule has 0 radical (unpaired) electrons. The Kier molecular flexibility index (Phi) is 9.11. The van der Waals surface area contributed by atoms with Crippen LogP contribution in [0.15, 0.2) is 18.2 Å². The van der Waals surface area contributed by atoms with Crippen LogP contribution in [-0.2, 0) is 20.9 Å². The van der Waals surface area contributed by atoms with Gasteiger partial charge in [-0.15, -0.1) is 6.42 Å². The van der Waals surface area contributed by atoms with Crippen molar-refractivity contribution < 1.29 is 14.3 Å². The van der Waals surface area contributed by atoms with Crippen LogP contribution < -0.4 is 4.90 Å². The van der Waals surface area contributed by atoms with Crippen LogP contribution in [0.3, 0.4) is 0 Å². The lowest BCUT2D eigenvalue weighted by atomic mass is 9.82. The fourth-order valence-corrected chi connectivity index (χ4v) is 5.77. The Hall–Kier alpha value is -2.52. The molecule has 0 atom stereocenters. The Morgan fingerprint density at radius 2 is 1.78 bits per heavy atom. The van der Waals surface area contributed by atoms with Crippen LogP contribution in [0.4, 0.5) is 5.69 Å². The molecule has 2 saturated heterocycles. The fraction of sp³-hybridized carbons (Fsp3) is 0.667. The summed E-state index contributed by atoms with van der Waals surface area (Å²) in [5.74, 6) is 2.83. The zero-order chi connectivity index (χ0) is 26.5. The van der Waals surface area contributed by atoms with E-state index in [2.05, 4.69) is 41.7 Å². The molecule has 1 amide bonds. The average molecular weight is 496 g/mol. The molecule has 2 aliphatic heterocycles. The standard InChI is InChI=1S/C30H45N3O3/c1-8-24-11-12-26(22-33(10-3)30(9-2)15-19-31(20-16-30)23(4)34)27(21-24)32-17-13-25(14-18-32)28(35)36-29(5,6)7/h1,11-12,21,25H,9-10,13-20,22H2,2-7H3. The lowest BCUT2D eigenvalue weighted by molar-refractivity contribution is -0.160. The van der Waals surface area contributed by atoms with Gasteiger partial charge in [0.1, 0.15) is 5.60 Å². The molecule has 3 rings (SSSR count). The summed E-state index contributed by atoms with van der Waals surface area (Å²) < 4.78 is 5.64. The zero-order valence-electron chi connectivity index (χ0n) is 23.2. The molecule has 36 heavy (non-hydrogen) atoms. The van der Waals surface area contributed by atoms with Crippen LogP contribution in [-0.4, -0.2) is 65.5 Å². The molecule has 0 saturated carbocycles. The van der Waals surface area contributed by atoms with Gasteiger partial charge in [0.15, 0.2) is 0 Å². The highest BCUT2D eigenvalue weighted by molar-refractivity contribution is 5.74. The summed E-state index contributed by atoms with van der Waals surface area (Å²) in [4.78, 5) is 31.5. The predicted molar refractivity (Wildman–Crippen MR) is 146 cm³/mol. The highest BCUT2D eigenvalue weighted by Gasteiger charge is 2.39. The number of benzene rings is 1. The van der Waals surface area contributed by atoms with Gasteiger partial charge >= 0.3 is 5.97 Å². The SMILES string of the molecule is C#Cc1ccc(CN(CC)C2(CC)CCN(C(C)=O)CC2)c(N2CCC(C(=O)OC(C)(C)C)CC2)c1. The molecule has 6 nitrogen and oxygen atoms in total. The molecule has 2 heterocycles. The van der Waals surface area contributed by atoms with Crippen LogP contribution in [0.2, 0.25) is 0 Å². The number of carbonyl (C=O) groups excluding carboxylic acids is 2. The maximum absolute atomic E-state index is 12.6. The second kappa shape index (κ2) is 11.7. The van der Waals surface area contributed by atoms with Gasteiger partial charge in [-0.3, -0.25) is 14.5 Å². The predicted octanol–water partition coefficient (Wildman–Crippen LogP) is 4.84. The number of esters is 1. The molecule has 0 unspecified atom stereocenters. The van der Waals surface area contributed by atoms with E-state index in [4.69, 9.17) is 11.2 Å². The molecule has 1 aromatic rings. The van der Waals surface area contributed by atoms with E-state index in [-0.39, 0.29) is 23.3 Å². The molecule has 6 heteroatoms. The molecule has 0 bridgehead atoms. The number of hydrogen-bond donors (Lipinski definition) is 0. The molecule has 0 aliphatic carbocycles. The minimum absolute atomic E-state index is 0.0540. The van der Waals surface area contributed by atoms with Crippen molar-refractivity contribution in [1.29, 1.82) is 0 Å². The number of nitrogens with zero attached hydrogens (tertiary/aromatic N) is 3. The highest BCUT2D eigenvalue weighted by atomic mass is 16.6. The van der Waals surface area contributed by atoms with E-state index in [1.165, 1.54) is 11.3 Å². The highest BCUT2D eigenvalue weighted by Crippen LogP contribution is 2.36. The van der Waals surface area contributed by atoms with Crippen molar-refractivity contribution in [2.75, 3.05) is 37.6 Å². The first kappa shape index (κ1) is 28.1. The summed E-state index contributed by atoms with van der Waals surface area (Å²) in [7, 11) is 0. The molecule has 1 aromatic carbocycles. The Labute approximate surface area is 218 Å². The van der Waals surface area contributed by atoms with E-state index in [1.807, 2.05) is 31.7 Å². The Bertz CT molecular complexity index is 959. The lowest BCUT2D eigenvalue weighted by Gasteiger charge is -2.49. The quantitative estimate of drug-likeness (QED) is 0.400. The van der Waals surface area contributed by atoms with E-state index in [0.717, 1.165) is 76.9 Å². The van der Waals surface area contributed by atoms with E-state index >= 15 is 0 Å². The van der Waals surface area contributed by atoms with Crippen molar-refractivity contribution in [1.82, 2.24) is 9.80 Å². The Morgan fingerprint density at radius 3 is 2.28 bits per heavy atom. The molecule has 2 aliphatic rings. The van der Waals surface area contributed by atoms with Crippen molar-refractivity contribution in [3.8, 4) is 12.3 Å². The average Bonchev–Trinajstić information content (AvgIpc) is 2.86. The first-order valence-corrected chi connectivity index (χ1v) is 13.6. The molecular formula is C30H45N3O3. The Balaban J connectivity index is 1.78. The van der Waals surface area contributed by atoms with Crippen LogP contribution in [0.1, 0.15) is 84.8 Å². The third kappa shape index (κ3) is 6.62. The fourth-order valence-electron chi connectivity index (χ4n) is 5.77. The maximum Gasteiger partial charge on any atom is 0.309 e. The van der Waals surface area contributed by atoms with Crippen molar-refractivity contribution >= 4 is 17.6 Å². The summed E-state index contributed by atoms with van der Waals surface area (Å²) in [6.07, 6.45) is 10.4. The second-order valence-electron chi connectivity index (χ2n) is 11.4. The summed E-state index contributed by atoms with van der Waals surface area (Å²) in [5, 5.41) is 0. The van der Waals surface area contributed by atoms with Crippen LogP contribution in [0.5, 0.6) is 0 Å². The third-order valence-corrected chi connectivity index (χ3v) is 8.04. The Morgan fingerprint density at radius 1 is 1.14 bits per heavy atom. The van der Waals surface area contributed by atoms with E-state index < -0.39 is 5.60 Å². The third-order valence-electron chi connectivity index (χ3n) is 8.04. The molecule has 0 N–H and O–H groups in total. The number of carbonyl (C=O) groups is 2. The monoisotopic (exact) mass is 495 g/mol. The number of rotatable bonds is 7. The second-order valence-corrected chi connectivity index (χ2v) is 11.4. The van der Waals surface area contributed by atoms with Gasteiger partial charge in [0, 0.05) is 56.4 Å². The molecular weight excluding hydrogens is 450 g/mol. The molecule has 2 fully saturated rings. The van der Waals surface area contributed by atoms with Crippen molar-refractivity contribution in [2.24, 2.45) is 5.92 Å². The van der Waals surface area contributed by atoms with Crippen molar-refractivity contribution in [2.45, 2.75) is 91.3 Å². The van der Waals surface area contributed by atoms with E-state index in [0.29, 0.717) is 0 Å². The first-order chi connectivity index (χ1) is 17.0. The number of ether oxygens (including phenoxy) is 1. The summed E-state index contributed by atoms with van der Waals surface area (Å²) in [5.41, 5.74) is 2.97.